The normalized spacial score (nSPS) is 11.7. The van der Waals surface area contributed by atoms with Crippen LogP contribution in [0.1, 0.15) is 66.8 Å². The lowest BCUT2D eigenvalue weighted by Gasteiger charge is -2.11. The Morgan fingerprint density at radius 2 is 1.18 bits per heavy atom. The summed E-state index contributed by atoms with van der Waals surface area (Å²) in [6, 6.07) is 25.2. The van der Waals surface area contributed by atoms with E-state index in [1.54, 1.807) is 12.1 Å². The van der Waals surface area contributed by atoms with Crippen LogP contribution in [-0.2, 0) is 32.1 Å². The lowest BCUT2D eigenvalue weighted by atomic mass is 9.97. The first-order valence-corrected chi connectivity index (χ1v) is 14.4. The summed E-state index contributed by atoms with van der Waals surface area (Å²) >= 11 is 0. The Balaban J connectivity index is 1.29. The number of benzene rings is 4. The smallest absolute Gasteiger partial charge is 0.422 e. The molecule has 4 rings (SSSR count). The molecule has 0 saturated carbocycles. The van der Waals surface area contributed by atoms with Crippen LogP contribution in [0.4, 0.5) is 17.6 Å². The highest BCUT2D eigenvalue weighted by molar-refractivity contribution is 5.84. The summed E-state index contributed by atoms with van der Waals surface area (Å²) in [6.45, 7) is 0.925. The van der Waals surface area contributed by atoms with Gasteiger partial charge in [-0.25, -0.2) is 4.39 Å². The minimum Gasteiger partial charge on any atom is -0.484 e. The van der Waals surface area contributed by atoms with Crippen LogP contribution < -0.4 is 4.74 Å². The van der Waals surface area contributed by atoms with E-state index in [2.05, 4.69) is 37.3 Å². The van der Waals surface area contributed by atoms with Gasteiger partial charge in [0, 0.05) is 5.39 Å². The average Bonchev–Trinajstić information content (AvgIpc) is 2.95. The number of halogens is 4. The molecule has 212 valence electrons. The lowest BCUT2D eigenvalue weighted by Crippen LogP contribution is -2.19. The van der Waals surface area contributed by atoms with Crippen molar-refractivity contribution in [3.8, 4) is 5.75 Å². The lowest BCUT2D eigenvalue weighted by molar-refractivity contribution is -0.153. The molecule has 0 atom stereocenters. The summed E-state index contributed by atoms with van der Waals surface area (Å²) in [7, 11) is 0. The third-order valence-electron chi connectivity index (χ3n) is 7.40. The van der Waals surface area contributed by atoms with Gasteiger partial charge in [0.2, 0.25) is 0 Å². The third-order valence-corrected chi connectivity index (χ3v) is 7.40. The maximum atomic E-state index is 15.3. The monoisotopic (exact) mass is 550 g/mol. The van der Waals surface area contributed by atoms with E-state index in [1.165, 1.54) is 60.9 Å². The molecule has 0 amide bonds. The highest BCUT2D eigenvalue weighted by Crippen LogP contribution is 2.25. The summed E-state index contributed by atoms with van der Waals surface area (Å²) in [5, 5.41) is 1.50. The van der Waals surface area contributed by atoms with E-state index in [0.29, 0.717) is 23.8 Å². The zero-order valence-electron chi connectivity index (χ0n) is 23.2. The standard InChI is InChI=1S/C35H38F4O/c1-2-3-4-5-6-7-26-8-10-27(11-9-26)12-13-29-17-23-33-31(24-29)20-19-30(34(33)36)18-14-28-15-21-32(22-16-28)40-25-35(37,38)39/h8-11,15-17,19-24H,2-7,12-14,18,25H2,1H3. The predicted octanol–water partition coefficient (Wildman–Crippen LogP) is 10.0. The second kappa shape index (κ2) is 14.3. The topological polar surface area (TPSA) is 9.23 Å². The Labute approximate surface area is 235 Å². The molecule has 0 saturated heterocycles. The molecular weight excluding hydrogens is 512 g/mol. The fraction of sp³-hybridized carbons (Fsp3) is 0.371. The van der Waals surface area contributed by atoms with Crippen LogP contribution in [0.5, 0.6) is 5.75 Å². The molecule has 5 heteroatoms. The Kier molecular flexibility index (Phi) is 10.6. The van der Waals surface area contributed by atoms with Crippen molar-refractivity contribution in [3.63, 3.8) is 0 Å². The Bertz CT molecular complexity index is 1340. The van der Waals surface area contributed by atoms with Crippen molar-refractivity contribution in [2.75, 3.05) is 6.61 Å². The fourth-order valence-electron chi connectivity index (χ4n) is 5.03. The quantitative estimate of drug-likeness (QED) is 0.112. The van der Waals surface area contributed by atoms with Crippen LogP contribution in [0.2, 0.25) is 0 Å². The molecule has 0 fully saturated rings. The predicted molar refractivity (Wildman–Crippen MR) is 156 cm³/mol. The van der Waals surface area contributed by atoms with E-state index in [4.69, 9.17) is 4.74 Å². The summed E-state index contributed by atoms with van der Waals surface area (Å²) in [5.41, 5.74) is 5.45. The largest absolute Gasteiger partial charge is 0.484 e. The van der Waals surface area contributed by atoms with E-state index < -0.39 is 12.8 Å². The van der Waals surface area contributed by atoms with Crippen LogP contribution in [0.3, 0.4) is 0 Å². The molecule has 0 aliphatic heterocycles. The zero-order valence-corrected chi connectivity index (χ0v) is 23.2. The Morgan fingerprint density at radius 1 is 0.600 bits per heavy atom. The van der Waals surface area contributed by atoms with Gasteiger partial charge in [-0.05, 0) is 83.9 Å². The van der Waals surface area contributed by atoms with Crippen molar-refractivity contribution in [2.24, 2.45) is 0 Å². The third kappa shape index (κ3) is 9.11. The molecule has 0 unspecified atom stereocenters. The molecule has 0 bridgehead atoms. The average molecular weight is 551 g/mol. The molecule has 4 aromatic rings. The number of fused-ring (bicyclic) bond motifs is 1. The van der Waals surface area contributed by atoms with Crippen molar-refractivity contribution < 1.29 is 22.3 Å². The number of hydrogen-bond donors (Lipinski definition) is 0. The summed E-state index contributed by atoms with van der Waals surface area (Å²) in [4.78, 5) is 0. The SMILES string of the molecule is CCCCCCCc1ccc(CCc2ccc3c(F)c(CCc4ccc(OCC(F)(F)F)cc4)ccc3c2)cc1. The first-order chi connectivity index (χ1) is 19.3. The second-order valence-electron chi connectivity index (χ2n) is 10.6. The van der Waals surface area contributed by atoms with Crippen LogP contribution in [0.15, 0.2) is 78.9 Å². The molecule has 0 heterocycles. The Morgan fingerprint density at radius 3 is 1.85 bits per heavy atom. The van der Waals surface area contributed by atoms with Gasteiger partial charge in [-0.3, -0.25) is 0 Å². The highest BCUT2D eigenvalue weighted by atomic mass is 19.4. The molecule has 0 radical (unpaired) electrons. The van der Waals surface area contributed by atoms with Gasteiger partial charge >= 0.3 is 6.18 Å². The summed E-state index contributed by atoms with van der Waals surface area (Å²) in [5.74, 6) is -0.0431. The van der Waals surface area contributed by atoms with Crippen molar-refractivity contribution in [3.05, 3.63) is 112 Å². The molecule has 40 heavy (non-hydrogen) atoms. The summed E-state index contributed by atoms with van der Waals surface area (Å²) in [6.07, 6.45) is 6.20. The van der Waals surface area contributed by atoms with Crippen molar-refractivity contribution in [1.82, 2.24) is 0 Å². The van der Waals surface area contributed by atoms with E-state index in [1.807, 2.05) is 24.3 Å². The molecule has 0 spiro atoms. The first kappa shape index (κ1) is 29.6. The summed E-state index contributed by atoms with van der Waals surface area (Å²) < 4.78 is 57.0. The van der Waals surface area contributed by atoms with Crippen molar-refractivity contribution in [2.45, 2.75) is 77.3 Å². The number of ether oxygens (including phenoxy) is 1. The molecule has 1 nitrogen and oxygen atoms in total. The molecule has 0 aromatic heterocycles. The van der Waals surface area contributed by atoms with Crippen LogP contribution in [-0.4, -0.2) is 12.8 Å². The first-order valence-electron chi connectivity index (χ1n) is 14.4. The maximum absolute atomic E-state index is 15.3. The molecule has 0 N–H and O–H groups in total. The van der Waals surface area contributed by atoms with Gasteiger partial charge in [-0.15, -0.1) is 0 Å². The van der Waals surface area contributed by atoms with Gasteiger partial charge in [0.25, 0.3) is 0 Å². The van der Waals surface area contributed by atoms with Crippen LogP contribution in [0.25, 0.3) is 10.8 Å². The van der Waals surface area contributed by atoms with Crippen molar-refractivity contribution >= 4 is 10.8 Å². The van der Waals surface area contributed by atoms with Gasteiger partial charge in [0.15, 0.2) is 6.61 Å². The Hall–Kier alpha value is -3.34. The van der Waals surface area contributed by atoms with Gasteiger partial charge in [0.05, 0.1) is 0 Å². The number of hydrogen-bond acceptors (Lipinski definition) is 1. The van der Waals surface area contributed by atoms with E-state index in [9.17, 15) is 13.2 Å². The minimum absolute atomic E-state index is 0.166. The zero-order chi connectivity index (χ0) is 28.4. The van der Waals surface area contributed by atoms with Crippen LogP contribution >= 0.6 is 0 Å². The van der Waals surface area contributed by atoms with Crippen molar-refractivity contribution in [1.29, 1.82) is 0 Å². The highest BCUT2D eigenvalue weighted by Gasteiger charge is 2.28. The molecular formula is C35H38F4O. The number of unbranched alkanes of at least 4 members (excludes halogenated alkanes) is 4. The number of rotatable bonds is 14. The fourth-order valence-corrected chi connectivity index (χ4v) is 5.03. The molecule has 4 aromatic carbocycles. The number of aryl methyl sites for hydroxylation is 5. The van der Waals surface area contributed by atoms with Gasteiger partial charge in [-0.2, -0.15) is 13.2 Å². The van der Waals surface area contributed by atoms with E-state index in [-0.39, 0.29) is 11.6 Å². The molecule has 0 aliphatic rings. The van der Waals surface area contributed by atoms with Gasteiger partial charge in [-0.1, -0.05) is 99.3 Å². The second-order valence-corrected chi connectivity index (χ2v) is 10.6. The van der Waals surface area contributed by atoms with Crippen LogP contribution in [0, 0.1) is 5.82 Å². The van der Waals surface area contributed by atoms with E-state index >= 15 is 4.39 Å². The van der Waals surface area contributed by atoms with E-state index in [0.717, 1.165) is 30.2 Å². The minimum atomic E-state index is -4.37. The van der Waals surface area contributed by atoms with Gasteiger partial charge < -0.3 is 4.74 Å². The van der Waals surface area contributed by atoms with Gasteiger partial charge in [0.1, 0.15) is 11.6 Å². The number of alkyl halides is 3. The molecule has 0 aliphatic carbocycles. The maximum Gasteiger partial charge on any atom is 0.422 e.